The van der Waals surface area contributed by atoms with Gasteiger partial charge in [-0.1, -0.05) is 17.7 Å². The fraction of sp³-hybridized carbons (Fsp3) is 0.350. The number of benzene rings is 1. The Morgan fingerprint density at radius 2 is 1.97 bits per heavy atom. The second kappa shape index (κ2) is 9.47. The molecule has 9 heteroatoms. The maximum atomic E-state index is 12.2. The van der Waals surface area contributed by atoms with E-state index >= 15 is 0 Å². The number of anilines is 2. The predicted octanol–water partition coefficient (Wildman–Crippen LogP) is 2.39. The monoisotopic (exact) mass is 417 g/mol. The maximum absolute atomic E-state index is 12.2. The number of carbonyl (C=O) groups is 1. The average molecular weight is 418 g/mol. The molecule has 1 fully saturated rings. The van der Waals surface area contributed by atoms with E-state index in [1.54, 1.807) is 13.2 Å². The summed E-state index contributed by atoms with van der Waals surface area (Å²) in [5.74, 6) is 1.26. The minimum atomic E-state index is -0.300. The number of aromatic nitrogens is 2. The smallest absolute Gasteiger partial charge is 0.258 e. The van der Waals surface area contributed by atoms with Crippen molar-refractivity contribution in [2.24, 2.45) is 0 Å². The Balaban J connectivity index is 1.72. The fourth-order valence-corrected chi connectivity index (χ4v) is 3.31. The lowest BCUT2D eigenvalue weighted by molar-refractivity contribution is 0.0954. The van der Waals surface area contributed by atoms with Crippen LogP contribution in [0.5, 0.6) is 11.6 Å². The highest BCUT2D eigenvalue weighted by molar-refractivity contribution is 6.30. The van der Waals surface area contributed by atoms with Crippen molar-refractivity contribution in [2.45, 2.75) is 0 Å². The molecule has 1 N–H and O–H groups in total. The predicted molar refractivity (Wildman–Crippen MR) is 114 cm³/mol. The molecule has 1 aliphatic rings. The highest BCUT2D eigenvalue weighted by Gasteiger charge is 2.23. The number of nitrogens with zero attached hydrogens (tertiary/aromatic N) is 4. The number of carbonyl (C=O) groups excluding carboxylic acids is 1. The first kappa shape index (κ1) is 20.7. The van der Waals surface area contributed by atoms with Crippen LogP contribution in [0.2, 0.25) is 5.02 Å². The molecule has 0 unspecified atom stereocenters. The first-order valence-electron chi connectivity index (χ1n) is 9.21. The molecule has 3 rings (SSSR count). The van der Waals surface area contributed by atoms with Crippen LogP contribution in [0, 0.1) is 0 Å². The summed E-state index contributed by atoms with van der Waals surface area (Å²) in [6.45, 7) is 6.87. The van der Waals surface area contributed by atoms with Crippen molar-refractivity contribution in [1.82, 2.24) is 15.3 Å². The van der Waals surface area contributed by atoms with Gasteiger partial charge in [-0.15, -0.1) is 6.58 Å². The summed E-state index contributed by atoms with van der Waals surface area (Å²) in [6.07, 6.45) is 3.10. The van der Waals surface area contributed by atoms with E-state index in [4.69, 9.17) is 21.1 Å². The zero-order chi connectivity index (χ0) is 20.8. The van der Waals surface area contributed by atoms with Gasteiger partial charge in [-0.05, 0) is 18.2 Å². The van der Waals surface area contributed by atoms with Gasteiger partial charge in [0.15, 0.2) is 0 Å². The molecule has 2 heterocycles. The molecule has 1 saturated heterocycles. The lowest BCUT2D eigenvalue weighted by Crippen LogP contribution is -2.47. The van der Waals surface area contributed by atoms with Gasteiger partial charge in [0, 0.05) is 43.9 Å². The van der Waals surface area contributed by atoms with Gasteiger partial charge in [0.1, 0.15) is 11.3 Å². The molecule has 1 amide bonds. The molecule has 1 aromatic heterocycles. The summed E-state index contributed by atoms with van der Waals surface area (Å²) in [6, 6.07) is 5.59. The van der Waals surface area contributed by atoms with Crippen molar-refractivity contribution in [3.63, 3.8) is 0 Å². The fourth-order valence-electron chi connectivity index (χ4n) is 3.14. The lowest BCUT2D eigenvalue weighted by atomic mass is 10.2. The van der Waals surface area contributed by atoms with Crippen LogP contribution in [0.15, 0.2) is 37.1 Å². The van der Waals surface area contributed by atoms with Crippen molar-refractivity contribution in [3.05, 3.63) is 47.6 Å². The van der Waals surface area contributed by atoms with Crippen LogP contribution in [0.1, 0.15) is 10.4 Å². The van der Waals surface area contributed by atoms with Crippen LogP contribution in [-0.4, -0.2) is 62.8 Å². The molecule has 0 bridgehead atoms. The minimum Gasteiger partial charge on any atom is -0.495 e. The first-order valence-corrected chi connectivity index (χ1v) is 9.58. The van der Waals surface area contributed by atoms with E-state index in [9.17, 15) is 4.79 Å². The van der Waals surface area contributed by atoms with Crippen molar-refractivity contribution in [2.75, 3.05) is 56.7 Å². The Labute approximate surface area is 175 Å². The van der Waals surface area contributed by atoms with Gasteiger partial charge in [0.2, 0.25) is 11.8 Å². The first-order chi connectivity index (χ1) is 14.1. The molecule has 0 radical (unpaired) electrons. The number of methoxy groups -OCH3 is 2. The minimum absolute atomic E-state index is 0.246. The van der Waals surface area contributed by atoms with Crippen LogP contribution in [0.25, 0.3) is 0 Å². The van der Waals surface area contributed by atoms with Crippen LogP contribution in [-0.2, 0) is 0 Å². The lowest BCUT2D eigenvalue weighted by Gasteiger charge is -2.36. The van der Waals surface area contributed by atoms with Crippen LogP contribution in [0.3, 0.4) is 0 Å². The topological polar surface area (TPSA) is 79.8 Å². The average Bonchev–Trinajstić information content (AvgIpc) is 2.77. The molecule has 0 spiro atoms. The van der Waals surface area contributed by atoms with Crippen molar-refractivity contribution in [3.8, 4) is 11.6 Å². The van der Waals surface area contributed by atoms with Crippen LogP contribution >= 0.6 is 11.6 Å². The van der Waals surface area contributed by atoms with E-state index in [2.05, 4.69) is 31.7 Å². The Kier molecular flexibility index (Phi) is 6.77. The van der Waals surface area contributed by atoms with E-state index < -0.39 is 0 Å². The molecule has 1 aliphatic heterocycles. The SMILES string of the molecule is C=CCNC(=O)c1cnc(N2CCN(c3cc(Cl)ccc3OC)CC2)nc1OC. The number of piperazine rings is 1. The highest BCUT2D eigenvalue weighted by Crippen LogP contribution is 2.32. The van der Waals surface area contributed by atoms with Crippen LogP contribution < -0.4 is 24.6 Å². The number of hydrogen-bond acceptors (Lipinski definition) is 7. The molecule has 154 valence electrons. The Bertz CT molecular complexity index is 884. The van der Waals surface area contributed by atoms with Crippen molar-refractivity contribution < 1.29 is 14.3 Å². The van der Waals surface area contributed by atoms with Crippen molar-refractivity contribution in [1.29, 1.82) is 0 Å². The third kappa shape index (κ3) is 4.71. The zero-order valence-electron chi connectivity index (χ0n) is 16.5. The second-order valence-electron chi connectivity index (χ2n) is 6.38. The second-order valence-corrected chi connectivity index (χ2v) is 6.82. The van der Waals surface area contributed by atoms with Gasteiger partial charge >= 0.3 is 0 Å². The van der Waals surface area contributed by atoms with E-state index in [-0.39, 0.29) is 11.8 Å². The molecule has 29 heavy (non-hydrogen) atoms. The number of rotatable bonds is 7. The van der Waals surface area contributed by atoms with Gasteiger partial charge < -0.3 is 24.6 Å². The van der Waals surface area contributed by atoms with Crippen LogP contribution in [0.4, 0.5) is 11.6 Å². The van der Waals surface area contributed by atoms with E-state index in [1.807, 2.05) is 18.2 Å². The normalized spacial score (nSPS) is 13.8. The van der Waals surface area contributed by atoms with E-state index in [0.29, 0.717) is 36.2 Å². The largest absolute Gasteiger partial charge is 0.495 e. The molecule has 0 saturated carbocycles. The molecule has 8 nitrogen and oxygen atoms in total. The highest BCUT2D eigenvalue weighted by atomic mass is 35.5. The standard InChI is InChI=1S/C20H24ClN5O3/c1-4-7-22-18(27)15-13-23-20(24-19(15)29-3)26-10-8-25(9-11-26)16-12-14(21)5-6-17(16)28-2/h4-6,12-13H,1,7-11H2,2-3H3,(H,22,27). The summed E-state index contributed by atoms with van der Waals surface area (Å²) in [4.78, 5) is 25.3. The summed E-state index contributed by atoms with van der Waals surface area (Å²) in [5.41, 5.74) is 1.26. The molecule has 1 aromatic carbocycles. The van der Waals surface area contributed by atoms with E-state index in [1.165, 1.54) is 13.3 Å². The van der Waals surface area contributed by atoms with E-state index in [0.717, 1.165) is 24.5 Å². The molecular formula is C20H24ClN5O3. The number of hydrogen-bond donors (Lipinski definition) is 1. The molecule has 0 aliphatic carbocycles. The van der Waals surface area contributed by atoms with Gasteiger partial charge in [-0.3, -0.25) is 4.79 Å². The third-order valence-electron chi connectivity index (χ3n) is 4.63. The Morgan fingerprint density at radius 1 is 1.24 bits per heavy atom. The summed E-state index contributed by atoms with van der Waals surface area (Å²) in [5, 5.41) is 3.37. The quantitative estimate of drug-likeness (QED) is 0.693. The summed E-state index contributed by atoms with van der Waals surface area (Å²) in [7, 11) is 3.13. The molecule has 2 aromatic rings. The number of nitrogens with one attached hydrogen (secondary N) is 1. The maximum Gasteiger partial charge on any atom is 0.258 e. The molecule has 0 atom stereocenters. The molecular weight excluding hydrogens is 394 g/mol. The zero-order valence-corrected chi connectivity index (χ0v) is 17.3. The van der Waals surface area contributed by atoms with Crippen molar-refractivity contribution >= 4 is 29.1 Å². The van der Waals surface area contributed by atoms with Gasteiger partial charge in [-0.2, -0.15) is 4.98 Å². The number of halogens is 1. The number of ether oxygens (including phenoxy) is 2. The summed E-state index contributed by atoms with van der Waals surface area (Å²) >= 11 is 6.16. The van der Waals surface area contributed by atoms with Gasteiger partial charge in [0.25, 0.3) is 5.91 Å². The Morgan fingerprint density at radius 3 is 2.62 bits per heavy atom. The summed E-state index contributed by atoms with van der Waals surface area (Å²) < 4.78 is 10.8. The third-order valence-corrected chi connectivity index (χ3v) is 4.87. The Hall–Kier alpha value is -3.00. The van der Waals surface area contributed by atoms with Gasteiger partial charge in [-0.25, -0.2) is 4.98 Å². The number of amides is 1. The van der Waals surface area contributed by atoms with Gasteiger partial charge in [0.05, 0.1) is 19.9 Å².